The number of carboxylic acid groups (broad SMARTS) is 1. The molecule has 0 aliphatic heterocycles. The first-order valence-corrected chi connectivity index (χ1v) is 5.50. The molecular formula is C11H24O4. The molecule has 0 bridgehead atoms. The fraction of sp³-hybridized carbons (Fsp3) is 0.909. The number of hydrogen-bond donors (Lipinski definition) is 1. The summed E-state index contributed by atoms with van der Waals surface area (Å²) in [5, 5.41) is 7.42. The average Bonchev–Trinajstić information content (AvgIpc) is 2.16. The minimum atomic E-state index is -0.833. The van der Waals surface area contributed by atoms with Crippen LogP contribution in [-0.2, 0) is 14.3 Å². The molecule has 0 amide bonds. The van der Waals surface area contributed by atoms with E-state index in [0.717, 1.165) is 46.2 Å². The van der Waals surface area contributed by atoms with Crippen molar-refractivity contribution in [2.45, 2.75) is 40.0 Å². The number of aliphatic carboxylic acids is 1. The van der Waals surface area contributed by atoms with Crippen LogP contribution in [-0.4, -0.2) is 37.5 Å². The van der Waals surface area contributed by atoms with Gasteiger partial charge in [0.15, 0.2) is 0 Å². The van der Waals surface area contributed by atoms with Gasteiger partial charge in [0.05, 0.1) is 13.2 Å². The maximum atomic E-state index is 9.00. The predicted molar refractivity (Wildman–Crippen MR) is 60.1 cm³/mol. The predicted octanol–water partition coefficient (Wildman–Crippen LogP) is 2.32. The van der Waals surface area contributed by atoms with Crippen molar-refractivity contribution >= 4 is 5.97 Å². The van der Waals surface area contributed by atoms with Crippen LogP contribution >= 0.6 is 0 Å². The van der Waals surface area contributed by atoms with Crippen LogP contribution in [0, 0.1) is 0 Å². The molecule has 0 aromatic rings. The van der Waals surface area contributed by atoms with Crippen molar-refractivity contribution in [1.29, 1.82) is 0 Å². The molecule has 0 unspecified atom stereocenters. The number of carboxylic acids is 1. The molecule has 15 heavy (non-hydrogen) atoms. The van der Waals surface area contributed by atoms with Crippen molar-refractivity contribution in [3.8, 4) is 0 Å². The van der Waals surface area contributed by atoms with Crippen LogP contribution in [0.2, 0.25) is 0 Å². The molecule has 0 heterocycles. The molecule has 0 radical (unpaired) electrons. The summed E-state index contributed by atoms with van der Waals surface area (Å²) >= 11 is 0. The molecule has 4 heteroatoms. The first-order chi connectivity index (χ1) is 7.15. The highest BCUT2D eigenvalue weighted by Gasteiger charge is 1.87. The summed E-state index contributed by atoms with van der Waals surface area (Å²) in [6, 6.07) is 0. The molecule has 0 spiro atoms. The third kappa shape index (κ3) is 31.8. The zero-order chi connectivity index (χ0) is 11.9. The number of hydrogen-bond acceptors (Lipinski definition) is 3. The van der Waals surface area contributed by atoms with E-state index < -0.39 is 5.97 Å². The molecule has 4 nitrogen and oxygen atoms in total. The summed E-state index contributed by atoms with van der Waals surface area (Å²) in [4.78, 5) is 9.00. The monoisotopic (exact) mass is 220 g/mol. The van der Waals surface area contributed by atoms with Crippen molar-refractivity contribution < 1.29 is 19.4 Å². The van der Waals surface area contributed by atoms with Gasteiger partial charge in [-0.25, -0.2) is 0 Å². The lowest BCUT2D eigenvalue weighted by Crippen LogP contribution is -2.05. The summed E-state index contributed by atoms with van der Waals surface area (Å²) in [6.45, 7) is 8.59. The fourth-order valence-electron chi connectivity index (χ4n) is 0.713. The molecule has 0 fully saturated rings. The summed E-state index contributed by atoms with van der Waals surface area (Å²) in [7, 11) is 0. The van der Waals surface area contributed by atoms with Crippen LogP contribution in [0.3, 0.4) is 0 Å². The molecular weight excluding hydrogens is 196 g/mol. The molecule has 0 aromatic carbocycles. The zero-order valence-electron chi connectivity index (χ0n) is 10.1. The van der Waals surface area contributed by atoms with Gasteiger partial charge >= 0.3 is 0 Å². The van der Waals surface area contributed by atoms with Crippen LogP contribution in [0.5, 0.6) is 0 Å². The van der Waals surface area contributed by atoms with Gasteiger partial charge in [-0.1, -0.05) is 20.3 Å². The van der Waals surface area contributed by atoms with Gasteiger partial charge < -0.3 is 14.6 Å². The van der Waals surface area contributed by atoms with Gasteiger partial charge in [-0.15, -0.1) is 0 Å². The molecule has 0 atom stereocenters. The van der Waals surface area contributed by atoms with Gasteiger partial charge in [0.2, 0.25) is 0 Å². The van der Waals surface area contributed by atoms with Gasteiger partial charge in [0.25, 0.3) is 5.97 Å². The van der Waals surface area contributed by atoms with Gasteiger partial charge in [-0.05, 0) is 12.8 Å². The first-order valence-electron chi connectivity index (χ1n) is 5.50. The largest absolute Gasteiger partial charge is 0.481 e. The van der Waals surface area contributed by atoms with Crippen LogP contribution < -0.4 is 0 Å². The van der Waals surface area contributed by atoms with Crippen LogP contribution in [0.25, 0.3) is 0 Å². The lowest BCUT2D eigenvalue weighted by molar-refractivity contribution is -0.134. The van der Waals surface area contributed by atoms with E-state index in [1.807, 2.05) is 0 Å². The van der Waals surface area contributed by atoms with E-state index in [0.29, 0.717) is 0 Å². The lowest BCUT2D eigenvalue weighted by atomic mass is 10.4. The Kier molecular flexibility index (Phi) is 17.8. The Bertz CT molecular complexity index is 114. The van der Waals surface area contributed by atoms with Gasteiger partial charge in [0.1, 0.15) is 0 Å². The van der Waals surface area contributed by atoms with Crippen molar-refractivity contribution in [3.05, 3.63) is 0 Å². The Morgan fingerprint density at radius 3 is 1.87 bits per heavy atom. The van der Waals surface area contributed by atoms with Crippen molar-refractivity contribution in [1.82, 2.24) is 0 Å². The maximum Gasteiger partial charge on any atom is 0.300 e. The topological polar surface area (TPSA) is 55.8 Å². The number of carbonyl (C=O) groups is 1. The molecule has 0 saturated carbocycles. The smallest absolute Gasteiger partial charge is 0.300 e. The van der Waals surface area contributed by atoms with E-state index in [1.54, 1.807) is 0 Å². The van der Waals surface area contributed by atoms with E-state index >= 15 is 0 Å². The molecule has 0 aliphatic carbocycles. The second-order valence-corrected chi connectivity index (χ2v) is 3.10. The minimum Gasteiger partial charge on any atom is -0.481 e. The highest BCUT2D eigenvalue weighted by molar-refractivity contribution is 5.62. The summed E-state index contributed by atoms with van der Waals surface area (Å²) in [5.74, 6) is -0.833. The van der Waals surface area contributed by atoms with Crippen LogP contribution in [0.4, 0.5) is 0 Å². The second kappa shape index (κ2) is 15.8. The molecule has 92 valence electrons. The third-order valence-electron chi connectivity index (χ3n) is 1.36. The molecule has 0 rings (SSSR count). The fourth-order valence-corrected chi connectivity index (χ4v) is 0.713. The van der Waals surface area contributed by atoms with Gasteiger partial charge in [-0.3, -0.25) is 4.79 Å². The number of ether oxygens (including phenoxy) is 2. The summed E-state index contributed by atoms with van der Waals surface area (Å²) < 4.78 is 10.5. The minimum absolute atomic E-state index is 0.748. The zero-order valence-corrected chi connectivity index (χ0v) is 10.1. The summed E-state index contributed by atoms with van der Waals surface area (Å²) in [5.41, 5.74) is 0. The SMILES string of the molecule is CC(=O)O.CCCCOCCOCCC. The highest BCUT2D eigenvalue weighted by atomic mass is 16.5. The highest BCUT2D eigenvalue weighted by Crippen LogP contribution is 1.88. The Hall–Kier alpha value is -0.610. The Morgan fingerprint density at radius 2 is 1.47 bits per heavy atom. The standard InChI is InChI=1S/C9H20O2.C2H4O2/c1-3-5-7-11-9-8-10-6-4-2;1-2(3)4/h3-9H2,1-2H3;1H3,(H,3,4). The van der Waals surface area contributed by atoms with E-state index in [2.05, 4.69) is 13.8 Å². The molecule has 0 aliphatic rings. The van der Waals surface area contributed by atoms with Crippen molar-refractivity contribution in [3.63, 3.8) is 0 Å². The first kappa shape index (κ1) is 16.8. The molecule has 0 aromatic heterocycles. The quantitative estimate of drug-likeness (QED) is 0.638. The third-order valence-corrected chi connectivity index (χ3v) is 1.36. The van der Waals surface area contributed by atoms with E-state index in [9.17, 15) is 0 Å². The molecule has 1 N–H and O–H groups in total. The second-order valence-electron chi connectivity index (χ2n) is 3.10. The van der Waals surface area contributed by atoms with E-state index in [4.69, 9.17) is 19.4 Å². The number of rotatable bonds is 8. The number of unbranched alkanes of at least 4 members (excludes halogenated alkanes) is 1. The average molecular weight is 220 g/mol. The Balaban J connectivity index is 0. The molecule has 0 saturated heterocycles. The lowest BCUT2D eigenvalue weighted by Gasteiger charge is -2.03. The summed E-state index contributed by atoms with van der Waals surface area (Å²) in [6.07, 6.45) is 3.46. The Morgan fingerprint density at radius 1 is 1.00 bits per heavy atom. The van der Waals surface area contributed by atoms with Crippen LogP contribution in [0.1, 0.15) is 40.0 Å². The van der Waals surface area contributed by atoms with E-state index in [1.165, 1.54) is 6.42 Å². The van der Waals surface area contributed by atoms with E-state index in [-0.39, 0.29) is 0 Å². The van der Waals surface area contributed by atoms with Crippen molar-refractivity contribution in [2.75, 3.05) is 26.4 Å². The maximum absolute atomic E-state index is 9.00. The van der Waals surface area contributed by atoms with Crippen molar-refractivity contribution in [2.24, 2.45) is 0 Å². The van der Waals surface area contributed by atoms with Gasteiger partial charge in [0, 0.05) is 20.1 Å². The Labute approximate surface area is 92.6 Å². The normalized spacial score (nSPS) is 9.27. The van der Waals surface area contributed by atoms with Crippen LogP contribution in [0.15, 0.2) is 0 Å². The van der Waals surface area contributed by atoms with Gasteiger partial charge in [-0.2, -0.15) is 0 Å².